The van der Waals surface area contributed by atoms with Gasteiger partial charge >= 0.3 is 0 Å². The third-order valence-electron chi connectivity index (χ3n) is 3.00. The van der Waals surface area contributed by atoms with Crippen LogP contribution in [0.2, 0.25) is 0 Å². The monoisotopic (exact) mass is 341 g/mol. The number of nitro benzene ring substituents is 1. The summed E-state index contributed by atoms with van der Waals surface area (Å²) in [7, 11) is -3.67. The summed E-state index contributed by atoms with van der Waals surface area (Å²) in [6.07, 6.45) is 0.559. The smallest absolute Gasteiger partial charge is 0.258 e. The van der Waals surface area contributed by atoms with Crippen molar-refractivity contribution in [3.63, 3.8) is 0 Å². The number of hydrogen-bond donors (Lipinski definition) is 1. The topological polar surface area (TPSA) is 102 Å². The van der Waals surface area contributed by atoms with Crippen molar-refractivity contribution in [3.8, 4) is 0 Å². The number of rotatable bonds is 6. The van der Waals surface area contributed by atoms with Crippen LogP contribution in [0.15, 0.2) is 29.2 Å². The van der Waals surface area contributed by atoms with Gasteiger partial charge in [-0.3, -0.25) is 10.1 Å². The van der Waals surface area contributed by atoms with Crippen LogP contribution in [0.25, 0.3) is 0 Å². The third-order valence-corrected chi connectivity index (χ3v) is 5.61. The lowest BCUT2D eigenvalue weighted by Crippen LogP contribution is -2.25. The van der Waals surface area contributed by atoms with E-state index in [1.165, 1.54) is 24.3 Å². The number of nitrogens with one attached hydrogen (secondary N) is 1. The van der Waals surface area contributed by atoms with E-state index in [4.69, 9.17) is 0 Å². The molecule has 22 heavy (non-hydrogen) atoms. The number of nitro groups is 1. The molecule has 0 spiro atoms. The minimum absolute atomic E-state index is 0.00954. The Labute approximate surface area is 132 Å². The largest absolute Gasteiger partial charge is 0.269 e. The Morgan fingerprint density at radius 2 is 1.91 bits per heavy atom. The van der Waals surface area contributed by atoms with E-state index in [0.29, 0.717) is 6.42 Å². The summed E-state index contributed by atoms with van der Waals surface area (Å²) in [6.45, 7) is 4.05. The molecule has 7 nitrogen and oxygen atoms in total. The van der Waals surface area contributed by atoms with Gasteiger partial charge in [0.15, 0.2) is 0 Å². The van der Waals surface area contributed by atoms with Gasteiger partial charge < -0.3 is 0 Å². The molecular weight excluding hydrogens is 326 g/mol. The van der Waals surface area contributed by atoms with E-state index in [2.05, 4.69) is 9.71 Å². The number of non-ortho nitro benzene ring substituents is 1. The molecule has 0 aliphatic rings. The Hall–Kier alpha value is -1.84. The Morgan fingerprint density at radius 3 is 2.41 bits per heavy atom. The molecule has 9 heteroatoms. The van der Waals surface area contributed by atoms with Gasteiger partial charge in [-0.25, -0.2) is 18.1 Å². The van der Waals surface area contributed by atoms with Gasteiger partial charge in [-0.1, -0.05) is 0 Å². The molecule has 0 amide bonds. The van der Waals surface area contributed by atoms with Crippen LogP contribution in [-0.4, -0.2) is 24.9 Å². The van der Waals surface area contributed by atoms with E-state index >= 15 is 0 Å². The molecule has 0 unspecified atom stereocenters. The van der Waals surface area contributed by atoms with Gasteiger partial charge in [0.05, 0.1) is 20.5 Å². The third kappa shape index (κ3) is 3.87. The molecule has 118 valence electrons. The maximum absolute atomic E-state index is 12.1. The highest BCUT2D eigenvalue weighted by Gasteiger charge is 2.15. The summed E-state index contributed by atoms with van der Waals surface area (Å²) in [5, 5.41) is 11.5. The van der Waals surface area contributed by atoms with Crippen LogP contribution in [0.3, 0.4) is 0 Å². The lowest BCUT2D eigenvalue weighted by molar-refractivity contribution is -0.384. The lowest BCUT2D eigenvalue weighted by atomic mass is 10.3. The number of sulfonamides is 1. The van der Waals surface area contributed by atoms with Crippen LogP contribution in [0, 0.1) is 24.0 Å². The lowest BCUT2D eigenvalue weighted by Gasteiger charge is -2.06. The van der Waals surface area contributed by atoms with Crippen molar-refractivity contribution in [1.82, 2.24) is 9.71 Å². The highest BCUT2D eigenvalue weighted by molar-refractivity contribution is 7.89. The molecule has 0 atom stereocenters. The zero-order valence-electron chi connectivity index (χ0n) is 12.1. The van der Waals surface area contributed by atoms with Gasteiger partial charge in [0.25, 0.3) is 5.69 Å². The number of aryl methyl sites for hydroxylation is 2. The van der Waals surface area contributed by atoms with E-state index in [-0.39, 0.29) is 17.1 Å². The molecule has 1 heterocycles. The molecule has 0 fully saturated rings. The fraction of sp³-hybridized carbons (Fsp3) is 0.308. The van der Waals surface area contributed by atoms with E-state index in [0.717, 1.165) is 15.6 Å². The Bertz CT molecular complexity index is 782. The molecular formula is C13H15N3O4S2. The second kappa shape index (κ2) is 6.51. The Morgan fingerprint density at radius 1 is 1.27 bits per heavy atom. The average molecular weight is 341 g/mol. The predicted octanol–water partition coefficient (Wildman–Crippen LogP) is 2.19. The molecule has 1 aromatic carbocycles. The van der Waals surface area contributed by atoms with Crippen molar-refractivity contribution >= 4 is 27.0 Å². The zero-order chi connectivity index (χ0) is 16.3. The summed E-state index contributed by atoms with van der Waals surface area (Å²) in [4.78, 5) is 15.3. The highest BCUT2D eigenvalue weighted by atomic mass is 32.2. The molecule has 1 aromatic heterocycles. The first-order valence-corrected chi connectivity index (χ1v) is 8.76. The van der Waals surface area contributed by atoms with E-state index < -0.39 is 14.9 Å². The van der Waals surface area contributed by atoms with Crippen molar-refractivity contribution in [2.45, 2.75) is 25.2 Å². The second-order valence-corrected chi connectivity index (χ2v) is 7.69. The number of benzene rings is 1. The molecule has 0 radical (unpaired) electrons. The summed E-state index contributed by atoms with van der Waals surface area (Å²) < 4.78 is 26.7. The molecule has 0 saturated heterocycles. The standard InChI is InChI=1S/C13H15N3O4S2/c1-9-13(21-10(2)15-9)7-8-14-22(19,20)12-5-3-11(4-6-12)16(17)18/h3-6,14H,7-8H2,1-2H3. The summed E-state index contributed by atoms with van der Waals surface area (Å²) in [5.74, 6) is 0. The fourth-order valence-corrected chi connectivity index (χ4v) is 3.90. The van der Waals surface area contributed by atoms with Crippen molar-refractivity contribution in [2.24, 2.45) is 0 Å². The molecule has 0 saturated carbocycles. The van der Waals surface area contributed by atoms with Crippen LogP contribution in [0.4, 0.5) is 5.69 Å². The summed E-state index contributed by atoms with van der Waals surface area (Å²) in [6, 6.07) is 4.79. The van der Waals surface area contributed by atoms with Crippen molar-refractivity contribution in [1.29, 1.82) is 0 Å². The minimum atomic E-state index is -3.67. The second-order valence-electron chi connectivity index (χ2n) is 4.64. The Balaban J connectivity index is 2.01. The van der Waals surface area contributed by atoms with Gasteiger partial charge in [0, 0.05) is 23.6 Å². The first kappa shape index (κ1) is 16.5. The zero-order valence-corrected chi connectivity index (χ0v) is 13.7. The Kier molecular flexibility index (Phi) is 4.89. The molecule has 0 aliphatic heterocycles. The molecule has 1 N–H and O–H groups in total. The average Bonchev–Trinajstić information content (AvgIpc) is 2.77. The number of hydrogen-bond acceptors (Lipinski definition) is 6. The van der Waals surface area contributed by atoms with Crippen LogP contribution < -0.4 is 4.72 Å². The van der Waals surface area contributed by atoms with Gasteiger partial charge in [-0.2, -0.15) is 0 Å². The SMILES string of the molecule is Cc1nc(C)c(CCNS(=O)(=O)c2ccc([N+](=O)[O-])cc2)s1. The maximum atomic E-state index is 12.1. The van der Waals surface area contributed by atoms with Crippen LogP contribution in [0.5, 0.6) is 0 Å². The molecule has 0 bridgehead atoms. The van der Waals surface area contributed by atoms with Crippen molar-refractivity contribution in [3.05, 3.63) is 50.0 Å². The first-order valence-electron chi connectivity index (χ1n) is 6.46. The normalized spacial score (nSPS) is 11.5. The van der Waals surface area contributed by atoms with Crippen LogP contribution in [0.1, 0.15) is 15.6 Å². The fourth-order valence-electron chi connectivity index (χ4n) is 1.93. The quantitative estimate of drug-likeness (QED) is 0.641. The van der Waals surface area contributed by atoms with Crippen LogP contribution in [-0.2, 0) is 16.4 Å². The van der Waals surface area contributed by atoms with E-state index in [1.54, 1.807) is 11.3 Å². The number of thiazole rings is 1. The van der Waals surface area contributed by atoms with E-state index in [1.807, 2.05) is 13.8 Å². The summed E-state index contributed by atoms with van der Waals surface area (Å²) in [5.41, 5.74) is 0.770. The van der Waals surface area contributed by atoms with Crippen LogP contribution >= 0.6 is 11.3 Å². The molecule has 0 aliphatic carbocycles. The van der Waals surface area contributed by atoms with Gasteiger partial charge in [0.1, 0.15) is 0 Å². The predicted molar refractivity (Wildman–Crippen MR) is 83.6 cm³/mol. The highest BCUT2D eigenvalue weighted by Crippen LogP contribution is 2.18. The number of aromatic nitrogens is 1. The van der Waals surface area contributed by atoms with E-state index in [9.17, 15) is 18.5 Å². The summed E-state index contributed by atoms with van der Waals surface area (Å²) >= 11 is 1.55. The molecule has 2 aromatic rings. The van der Waals surface area contributed by atoms with Crippen molar-refractivity contribution < 1.29 is 13.3 Å². The van der Waals surface area contributed by atoms with Gasteiger partial charge in [-0.05, 0) is 32.4 Å². The van der Waals surface area contributed by atoms with Gasteiger partial charge in [0.2, 0.25) is 10.0 Å². The van der Waals surface area contributed by atoms with Gasteiger partial charge in [-0.15, -0.1) is 11.3 Å². The maximum Gasteiger partial charge on any atom is 0.269 e. The minimum Gasteiger partial charge on any atom is -0.258 e. The number of nitrogens with zero attached hydrogens (tertiary/aromatic N) is 2. The first-order chi connectivity index (χ1) is 10.3. The molecule has 2 rings (SSSR count). The van der Waals surface area contributed by atoms with Crippen molar-refractivity contribution in [2.75, 3.05) is 6.54 Å².